The van der Waals surface area contributed by atoms with Gasteiger partial charge in [0, 0.05) is 18.3 Å². The van der Waals surface area contributed by atoms with Crippen LogP contribution in [0.1, 0.15) is 11.1 Å². The average molecular weight is 284 g/mol. The molecule has 104 valence electrons. The van der Waals surface area contributed by atoms with Gasteiger partial charge in [-0.15, -0.1) is 12.4 Å². The second kappa shape index (κ2) is 7.01. The molecule has 1 heterocycles. The summed E-state index contributed by atoms with van der Waals surface area (Å²) in [6.45, 7) is 1.19. The molecule has 2 rings (SSSR count). The minimum Gasteiger partial charge on any atom is -0.493 e. The molecule has 2 N–H and O–H groups in total. The number of hydrogen-bond acceptors (Lipinski definition) is 4. The van der Waals surface area contributed by atoms with E-state index in [0.29, 0.717) is 13.1 Å². The number of aromatic nitrogens is 2. The first kappa shape index (κ1) is 15.3. The Morgan fingerprint density at radius 3 is 2.47 bits per heavy atom. The molecule has 0 aliphatic rings. The van der Waals surface area contributed by atoms with Crippen LogP contribution in [0.2, 0.25) is 0 Å². The van der Waals surface area contributed by atoms with Gasteiger partial charge in [0.2, 0.25) is 0 Å². The number of halogens is 1. The number of methoxy groups -OCH3 is 2. The number of rotatable bonds is 5. The van der Waals surface area contributed by atoms with Gasteiger partial charge in [-0.1, -0.05) is 6.07 Å². The topological polar surface area (TPSA) is 62.3 Å². The molecule has 0 atom stereocenters. The van der Waals surface area contributed by atoms with Crippen LogP contribution in [0.15, 0.2) is 30.6 Å². The molecule has 6 heteroatoms. The van der Waals surface area contributed by atoms with E-state index < -0.39 is 0 Å². The quantitative estimate of drug-likeness (QED) is 0.909. The van der Waals surface area contributed by atoms with Crippen molar-refractivity contribution >= 4 is 12.4 Å². The van der Waals surface area contributed by atoms with Gasteiger partial charge in [0.05, 0.1) is 27.0 Å². The van der Waals surface area contributed by atoms with Gasteiger partial charge in [0.1, 0.15) is 0 Å². The Morgan fingerprint density at radius 1 is 1.16 bits per heavy atom. The highest BCUT2D eigenvalue weighted by Crippen LogP contribution is 2.27. The summed E-state index contributed by atoms with van der Waals surface area (Å²) in [7, 11) is 3.25. The molecule has 0 aliphatic heterocycles. The number of nitrogens with zero attached hydrogens (tertiary/aromatic N) is 2. The Kier molecular flexibility index (Phi) is 5.66. The fourth-order valence-electron chi connectivity index (χ4n) is 1.76. The summed E-state index contributed by atoms with van der Waals surface area (Å²) in [5.41, 5.74) is 7.67. The van der Waals surface area contributed by atoms with E-state index in [1.165, 1.54) is 0 Å². The van der Waals surface area contributed by atoms with Crippen molar-refractivity contribution in [3.63, 3.8) is 0 Å². The summed E-state index contributed by atoms with van der Waals surface area (Å²) < 4.78 is 12.3. The van der Waals surface area contributed by atoms with Crippen LogP contribution in [0.5, 0.6) is 11.5 Å². The lowest BCUT2D eigenvalue weighted by molar-refractivity contribution is 0.354. The molecule has 0 bridgehead atoms. The summed E-state index contributed by atoms with van der Waals surface area (Å²) >= 11 is 0. The van der Waals surface area contributed by atoms with Crippen LogP contribution in [-0.4, -0.2) is 24.0 Å². The van der Waals surface area contributed by atoms with Crippen molar-refractivity contribution in [2.45, 2.75) is 13.1 Å². The first-order chi connectivity index (χ1) is 8.76. The first-order valence-electron chi connectivity index (χ1n) is 5.69. The molecule has 0 saturated heterocycles. The molecular formula is C13H18ClN3O2. The molecule has 0 radical (unpaired) electrons. The summed E-state index contributed by atoms with van der Waals surface area (Å²) in [5.74, 6) is 1.45. The Balaban J connectivity index is 0.00000180. The van der Waals surface area contributed by atoms with Gasteiger partial charge in [-0.05, 0) is 17.7 Å². The lowest BCUT2D eigenvalue weighted by Crippen LogP contribution is -2.01. The molecule has 0 aliphatic carbocycles. The van der Waals surface area contributed by atoms with Gasteiger partial charge in [0.25, 0.3) is 0 Å². The number of ether oxygens (including phenoxy) is 2. The Hall–Kier alpha value is -1.72. The maximum Gasteiger partial charge on any atom is 0.161 e. The van der Waals surface area contributed by atoms with Crippen LogP contribution in [0, 0.1) is 0 Å². The number of nitrogens with two attached hydrogens (primary N) is 1. The van der Waals surface area contributed by atoms with Crippen molar-refractivity contribution in [1.29, 1.82) is 0 Å². The number of benzene rings is 1. The third-order valence-electron chi connectivity index (χ3n) is 2.71. The average Bonchev–Trinajstić information content (AvgIpc) is 2.86. The first-order valence-corrected chi connectivity index (χ1v) is 5.69. The zero-order chi connectivity index (χ0) is 13.0. The zero-order valence-corrected chi connectivity index (χ0v) is 11.8. The molecule has 0 saturated carbocycles. The maximum absolute atomic E-state index is 5.55. The molecule has 2 aromatic rings. The van der Waals surface area contributed by atoms with E-state index in [9.17, 15) is 0 Å². The van der Waals surface area contributed by atoms with Crippen molar-refractivity contribution in [1.82, 2.24) is 9.78 Å². The Labute approximate surface area is 118 Å². The Bertz CT molecular complexity index is 528. The summed E-state index contributed by atoms with van der Waals surface area (Å²) in [4.78, 5) is 0. The van der Waals surface area contributed by atoms with Gasteiger partial charge < -0.3 is 15.2 Å². The second-order valence-corrected chi connectivity index (χ2v) is 3.94. The normalized spacial score (nSPS) is 9.84. The van der Waals surface area contributed by atoms with E-state index in [0.717, 1.165) is 22.6 Å². The third-order valence-corrected chi connectivity index (χ3v) is 2.71. The molecule has 19 heavy (non-hydrogen) atoms. The van der Waals surface area contributed by atoms with Crippen LogP contribution in [0.3, 0.4) is 0 Å². The highest BCUT2D eigenvalue weighted by molar-refractivity contribution is 5.85. The van der Waals surface area contributed by atoms with E-state index in [1.807, 2.05) is 29.1 Å². The van der Waals surface area contributed by atoms with E-state index >= 15 is 0 Å². The second-order valence-electron chi connectivity index (χ2n) is 3.94. The minimum absolute atomic E-state index is 0. The van der Waals surface area contributed by atoms with Gasteiger partial charge >= 0.3 is 0 Å². The molecular weight excluding hydrogens is 266 g/mol. The fraction of sp³-hybridized carbons (Fsp3) is 0.308. The van der Waals surface area contributed by atoms with E-state index in [4.69, 9.17) is 15.2 Å². The molecule has 0 fully saturated rings. The predicted octanol–water partition coefficient (Wildman–Crippen LogP) is 1.83. The zero-order valence-electron chi connectivity index (χ0n) is 11.0. The smallest absolute Gasteiger partial charge is 0.161 e. The van der Waals surface area contributed by atoms with Gasteiger partial charge in [-0.2, -0.15) is 5.10 Å². The van der Waals surface area contributed by atoms with Gasteiger partial charge in [-0.25, -0.2) is 0 Å². The van der Waals surface area contributed by atoms with E-state index in [1.54, 1.807) is 20.4 Å². The minimum atomic E-state index is 0. The fourth-order valence-corrected chi connectivity index (χ4v) is 1.76. The standard InChI is InChI=1S/C13H17N3O2.ClH/c1-17-12-4-3-10(5-13(12)18-2)8-16-9-11(6-14)7-15-16;/h3-5,7,9H,6,8,14H2,1-2H3;1H. The van der Waals surface area contributed by atoms with Crippen molar-refractivity contribution < 1.29 is 9.47 Å². The van der Waals surface area contributed by atoms with Crippen molar-refractivity contribution in [3.8, 4) is 11.5 Å². The Morgan fingerprint density at radius 2 is 1.89 bits per heavy atom. The predicted molar refractivity (Wildman–Crippen MR) is 76.0 cm³/mol. The van der Waals surface area contributed by atoms with Gasteiger partial charge in [0.15, 0.2) is 11.5 Å². The molecule has 0 unspecified atom stereocenters. The monoisotopic (exact) mass is 283 g/mol. The molecule has 1 aromatic heterocycles. The molecule has 0 amide bonds. The molecule has 5 nitrogen and oxygen atoms in total. The van der Waals surface area contributed by atoms with Crippen LogP contribution in [0.4, 0.5) is 0 Å². The van der Waals surface area contributed by atoms with Crippen LogP contribution in [-0.2, 0) is 13.1 Å². The highest BCUT2D eigenvalue weighted by Gasteiger charge is 2.05. The largest absolute Gasteiger partial charge is 0.493 e. The van der Waals surface area contributed by atoms with E-state index in [2.05, 4.69) is 5.10 Å². The van der Waals surface area contributed by atoms with Crippen LogP contribution >= 0.6 is 12.4 Å². The third kappa shape index (κ3) is 3.62. The maximum atomic E-state index is 5.55. The van der Waals surface area contributed by atoms with Gasteiger partial charge in [-0.3, -0.25) is 4.68 Å². The molecule has 0 spiro atoms. The van der Waals surface area contributed by atoms with Crippen molar-refractivity contribution in [2.24, 2.45) is 5.73 Å². The van der Waals surface area contributed by atoms with Crippen molar-refractivity contribution in [3.05, 3.63) is 41.7 Å². The summed E-state index contributed by atoms with van der Waals surface area (Å²) in [6.07, 6.45) is 3.72. The molecule has 1 aromatic carbocycles. The summed E-state index contributed by atoms with van der Waals surface area (Å²) in [5, 5.41) is 4.24. The van der Waals surface area contributed by atoms with Crippen LogP contribution < -0.4 is 15.2 Å². The lowest BCUT2D eigenvalue weighted by atomic mass is 10.2. The van der Waals surface area contributed by atoms with E-state index in [-0.39, 0.29) is 12.4 Å². The van der Waals surface area contributed by atoms with Crippen LogP contribution in [0.25, 0.3) is 0 Å². The summed E-state index contributed by atoms with van der Waals surface area (Å²) in [6, 6.07) is 5.83. The SMILES string of the molecule is COc1ccc(Cn2cc(CN)cn2)cc1OC.Cl. The number of hydrogen-bond donors (Lipinski definition) is 1. The van der Waals surface area contributed by atoms with Crippen molar-refractivity contribution in [2.75, 3.05) is 14.2 Å². The highest BCUT2D eigenvalue weighted by atomic mass is 35.5. The lowest BCUT2D eigenvalue weighted by Gasteiger charge is -2.09.